The Morgan fingerprint density at radius 2 is 1.71 bits per heavy atom. The first kappa shape index (κ1) is 10.4. The number of para-hydroxylation sites is 1. The minimum absolute atomic E-state index is 0.509. The molecule has 0 aromatic heterocycles. The van der Waals surface area contributed by atoms with E-state index in [0.717, 1.165) is 18.0 Å². The van der Waals surface area contributed by atoms with Gasteiger partial charge >= 0.3 is 0 Å². The van der Waals surface area contributed by atoms with Crippen molar-refractivity contribution >= 4 is 0 Å². The fourth-order valence-electron chi connectivity index (χ4n) is 1.99. The van der Waals surface area contributed by atoms with Gasteiger partial charge < -0.3 is 10.1 Å². The molecule has 1 fully saturated rings. The molecule has 2 aromatic rings. The molecule has 86 valence electrons. The molecule has 0 unspecified atom stereocenters. The molecule has 0 aliphatic carbocycles. The largest absolute Gasteiger partial charge is 0.457 e. The van der Waals surface area contributed by atoms with Crippen LogP contribution in [0, 0.1) is 0 Å². The van der Waals surface area contributed by atoms with Crippen LogP contribution in [0.3, 0.4) is 0 Å². The van der Waals surface area contributed by atoms with Gasteiger partial charge in [0.25, 0.3) is 0 Å². The molecule has 0 saturated carbocycles. The Morgan fingerprint density at radius 1 is 0.941 bits per heavy atom. The highest BCUT2D eigenvalue weighted by Crippen LogP contribution is 2.28. The highest BCUT2D eigenvalue weighted by Gasteiger charge is 2.18. The van der Waals surface area contributed by atoms with E-state index in [1.165, 1.54) is 12.0 Å². The summed E-state index contributed by atoms with van der Waals surface area (Å²) >= 11 is 0. The molecule has 2 aromatic carbocycles. The van der Waals surface area contributed by atoms with E-state index in [1.807, 2.05) is 42.5 Å². The van der Waals surface area contributed by atoms with Gasteiger partial charge in [0.05, 0.1) is 0 Å². The molecule has 1 aliphatic heterocycles. The molecule has 0 bridgehead atoms. The van der Waals surface area contributed by atoms with Crippen LogP contribution in [0.1, 0.15) is 18.0 Å². The molecular formula is C15H15NO. The van der Waals surface area contributed by atoms with Crippen molar-refractivity contribution < 1.29 is 4.74 Å². The second-order valence-electron chi connectivity index (χ2n) is 4.28. The van der Waals surface area contributed by atoms with Crippen LogP contribution in [0.2, 0.25) is 0 Å². The van der Waals surface area contributed by atoms with E-state index in [2.05, 4.69) is 17.4 Å². The van der Waals surface area contributed by atoms with Crippen molar-refractivity contribution in [3.63, 3.8) is 0 Å². The highest BCUT2D eigenvalue weighted by atomic mass is 16.5. The molecule has 0 amide bonds. The maximum absolute atomic E-state index is 5.81. The molecule has 3 rings (SSSR count). The first-order valence-electron chi connectivity index (χ1n) is 5.98. The summed E-state index contributed by atoms with van der Waals surface area (Å²) in [5, 5.41) is 3.40. The molecule has 1 saturated heterocycles. The third kappa shape index (κ3) is 2.32. The second-order valence-corrected chi connectivity index (χ2v) is 4.28. The molecule has 1 N–H and O–H groups in total. The van der Waals surface area contributed by atoms with Crippen molar-refractivity contribution in [3.05, 3.63) is 60.2 Å². The Morgan fingerprint density at radius 3 is 2.41 bits per heavy atom. The van der Waals surface area contributed by atoms with Crippen LogP contribution in [0.5, 0.6) is 11.5 Å². The smallest absolute Gasteiger partial charge is 0.127 e. The quantitative estimate of drug-likeness (QED) is 0.863. The van der Waals surface area contributed by atoms with Crippen molar-refractivity contribution in [2.75, 3.05) is 6.54 Å². The summed E-state index contributed by atoms with van der Waals surface area (Å²) in [7, 11) is 0. The third-order valence-corrected chi connectivity index (χ3v) is 3.06. The average Bonchev–Trinajstić information content (AvgIpc) is 2.28. The lowest BCUT2D eigenvalue weighted by Gasteiger charge is -2.28. The molecular weight excluding hydrogens is 210 g/mol. The number of benzene rings is 2. The lowest BCUT2D eigenvalue weighted by molar-refractivity contribution is 0.381. The first-order chi connectivity index (χ1) is 8.42. The fourth-order valence-corrected chi connectivity index (χ4v) is 1.99. The van der Waals surface area contributed by atoms with Crippen LogP contribution >= 0.6 is 0 Å². The van der Waals surface area contributed by atoms with E-state index < -0.39 is 0 Å². The Bertz CT molecular complexity index is 491. The average molecular weight is 225 g/mol. The van der Waals surface area contributed by atoms with E-state index in [-0.39, 0.29) is 0 Å². The van der Waals surface area contributed by atoms with Gasteiger partial charge in [0.15, 0.2) is 0 Å². The van der Waals surface area contributed by atoms with Crippen molar-refractivity contribution in [2.24, 2.45) is 0 Å². The zero-order valence-electron chi connectivity index (χ0n) is 9.60. The minimum atomic E-state index is 0.509. The highest BCUT2D eigenvalue weighted by molar-refractivity contribution is 5.35. The summed E-state index contributed by atoms with van der Waals surface area (Å²) < 4.78 is 5.81. The number of hydrogen-bond donors (Lipinski definition) is 1. The van der Waals surface area contributed by atoms with Crippen LogP contribution in [0.4, 0.5) is 0 Å². The minimum Gasteiger partial charge on any atom is -0.457 e. The SMILES string of the molecule is c1ccc(Oc2cccc([C@H]3CCN3)c2)cc1. The molecule has 2 nitrogen and oxygen atoms in total. The predicted molar refractivity (Wildman–Crippen MR) is 68.3 cm³/mol. The van der Waals surface area contributed by atoms with Gasteiger partial charge in [-0.15, -0.1) is 0 Å². The van der Waals surface area contributed by atoms with E-state index in [1.54, 1.807) is 0 Å². The Labute approximate surface area is 101 Å². The summed E-state index contributed by atoms with van der Waals surface area (Å²) in [6, 6.07) is 18.7. The lowest BCUT2D eigenvalue weighted by atomic mass is 9.98. The number of rotatable bonds is 3. The summed E-state index contributed by atoms with van der Waals surface area (Å²) in [6.07, 6.45) is 1.22. The van der Waals surface area contributed by atoms with Crippen LogP contribution in [0.25, 0.3) is 0 Å². The van der Waals surface area contributed by atoms with Crippen molar-refractivity contribution in [1.29, 1.82) is 0 Å². The van der Waals surface area contributed by atoms with Crippen molar-refractivity contribution in [3.8, 4) is 11.5 Å². The van der Waals surface area contributed by atoms with E-state index in [0.29, 0.717) is 6.04 Å². The molecule has 17 heavy (non-hydrogen) atoms. The summed E-state index contributed by atoms with van der Waals surface area (Å²) in [4.78, 5) is 0. The van der Waals surface area contributed by atoms with Crippen LogP contribution < -0.4 is 10.1 Å². The Kier molecular flexibility index (Phi) is 2.80. The summed E-state index contributed by atoms with van der Waals surface area (Å²) in [6.45, 7) is 1.12. The number of hydrogen-bond acceptors (Lipinski definition) is 2. The topological polar surface area (TPSA) is 21.3 Å². The molecule has 1 aliphatic rings. The maximum Gasteiger partial charge on any atom is 0.127 e. The summed E-state index contributed by atoms with van der Waals surface area (Å²) in [5.74, 6) is 1.79. The Hall–Kier alpha value is -1.80. The number of ether oxygens (including phenoxy) is 1. The number of nitrogens with one attached hydrogen (secondary N) is 1. The van der Waals surface area contributed by atoms with Gasteiger partial charge in [-0.25, -0.2) is 0 Å². The zero-order chi connectivity index (χ0) is 11.5. The van der Waals surface area contributed by atoms with Crippen molar-refractivity contribution in [2.45, 2.75) is 12.5 Å². The predicted octanol–water partition coefficient (Wildman–Crippen LogP) is 3.51. The monoisotopic (exact) mass is 225 g/mol. The van der Waals surface area contributed by atoms with Crippen LogP contribution in [-0.4, -0.2) is 6.54 Å². The molecule has 1 heterocycles. The zero-order valence-corrected chi connectivity index (χ0v) is 9.60. The second kappa shape index (κ2) is 4.60. The first-order valence-corrected chi connectivity index (χ1v) is 5.98. The fraction of sp³-hybridized carbons (Fsp3) is 0.200. The van der Waals surface area contributed by atoms with E-state index in [9.17, 15) is 0 Å². The van der Waals surface area contributed by atoms with Crippen LogP contribution in [0.15, 0.2) is 54.6 Å². The van der Waals surface area contributed by atoms with E-state index in [4.69, 9.17) is 4.74 Å². The third-order valence-electron chi connectivity index (χ3n) is 3.06. The maximum atomic E-state index is 5.81. The standard InChI is InChI=1S/C15H15NO/c1-2-6-13(7-3-1)17-14-8-4-5-12(11-14)15-9-10-16-15/h1-8,11,15-16H,9-10H2/t15-/m1/s1. The van der Waals surface area contributed by atoms with E-state index >= 15 is 0 Å². The molecule has 0 radical (unpaired) electrons. The van der Waals surface area contributed by atoms with Gasteiger partial charge in [-0.05, 0) is 42.8 Å². The lowest BCUT2D eigenvalue weighted by Crippen LogP contribution is -2.34. The Balaban J connectivity index is 1.79. The normalized spacial score (nSPS) is 18.5. The molecule has 2 heteroatoms. The van der Waals surface area contributed by atoms with Crippen LogP contribution in [-0.2, 0) is 0 Å². The van der Waals surface area contributed by atoms with Gasteiger partial charge in [-0.3, -0.25) is 0 Å². The molecule has 1 atom stereocenters. The van der Waals surface area contributed by atoms with Gasteiger partial charge in [-0.2, -0.15) is 0 Å². The van der Waals surface area contributed by atoms with Gasteiger partial charge in [0.1, 0.15) is 11.5 Å². The van der Waals surface area contributed by atoms with Gasteiger partial charge in [-0.1, -0.05) is 30.3 Å². The molecule has 0 spiro atoms. The van der Waals surface area contributed by atoms with Gasteiger partial charge in [0.2, 0.25) is 0 Å². The van der Waals surface area contributed by atoms with Gasteiger partial charge in [0, 0.05) is 6.04 Å². The van der Waals surface area contributed by atoms with Crippen molar-refractivity contribution in [1.82, 2.24) is 5.32 Å². The summed E-state index contributed by atoms with van der Waals surface area (Å²) in [5.41, 5.74) is 1.31.